The van der Waals surface area contributed by atoms with Gasteiger partial charge in [-0.3, -0.25) is 0 Å². The Kier molecular flexibility index (Phi) is 5.41. The van der Waals surface area contributed by atoms with Crippen molar-refractivity contribution in [3.05, 3.63) is 33.8 Å². The minimum Gasteiger partial charge on any atom is -0.329 e. The van der Waals surface area contributed by atoms with Crippen molar-refractivity contribution in [2.45, 2.75) is 19.5 Å². The maximum atomic E-state index is 5.82. The Morgan fingerprint density at radius 3 is 2.75 bits per heavy atom. The molecule has 4 heteroatoms. The first-order valence-electron chi connectivity index (χ1n) is 5.42. The van der Waals surface area contributed by atoms with Crippen molar-refractivity contribution in [3.63, 3.8) is 0 Å². The third kappa shape index (κ3) is 4.22. The van der Waals surface area contributed by atoms with Crippen LogP contribution in [0.2, 0.25) is 0 Å². The first-order chi connectivity index (χ1) is 7.52. The van der Waals surface area contributed by atoms with E-state index in [-0.39, 0.29) is 6.04 Å². The van der Waals surface area contributed by atoms with E-state index in [0.717, 1.165) is 17.6 Å². The molecule has 0 amide bonds. The second kappa shape index (κ2) is 6.35. The van der Waals surface area contributed by atoms with Crippen molar-refractivity contribution < 1.29 is 0 Å². The average molecular weight is 286 g/mol. The molecular formula is C12H20BrN3. The molecule has 0 saturated heterocycles. The standard InChI is InChI=1S/C12H20BrN3/c1-9-3-4-11(13)5-10(9)7-16(2)8-12(15)6-14/h3-5,12H,6-8,14-15H2,1-2H3. The van der Waals surface area contributed by atoms with E-state index in [2.05, 4.69) is 53.0 Å². The highest BCUT2D eigenvalue weighted by molar-refractivity contribution is 9.10. The predicted octanol–water partition coefficient (Wildman–Crippen LogP) is 1.48. The average Bonchev–Trinajstić information content (AvgIpc) is 2.23. The SMILES string of the molecule is Cc1ccc(Br)cc1CN(C)CC(N)CN. The molecule has 0 aliphatic carbocycles. The van der Waals surface area contributed by atoms with Gasteiger partial charge in [0.1, 0.15) is 0 Å². The van der Waals surface area contributed by atoms with Gasteiger partial charge in [-0.1, -0.05) is 22.0 Å². The fourth-order valence-electron chi connectivity index (χ4n) is 1.64. The zero-order chi connectivity index (χ0) is 12.1. The van der Waals surface area contributed by atoms with Crippen LogP contribution >= 0.6 is 15.9 Å². The van der Waals surface area contributed by atoms with Gasteiger partial charge in [-0.2, -0.15) is 0 Å². The molecule has 0 bridgehead atoms. The molecule has 90 valence electrons. The number of halogens is 1. The first kappa shape index (κ1) is 13.6. The van der Waals surface area contributed by atoms with Gasteiger partial charge in [0.05, 0.1) is 0 Å². The second-order valence-corrected chi connectivity index (χ2v) is 5.18. The van der Waals surface area contributed by atoms with Gasteiger partial charge in [0.25, 0.3) is 0 Å². The van der Waals surface area contributed by atoms with Crippen molar-refractivity contribution in [1.82, 2.24) is 4.90 Å². The van der Waals surface area contributed by atoms with Crippen LogP contribution < -0.4 is 11.5 Å². The van der Waals surface area contributed by atoms with E-state index in [0.29, 0.717) is 6.54 Å². The van der Waals surface area contributed by atoms with Crippen LogP contribution in [-0.4, -0.2) is 31.1 Å². The van der Waals surface area contributed by atoms with Crippen LogP contribution in [0.15, 0.2) is 22.7 Å². The van der Waals surface area contributed by atoms with Crippen LogP contribution in [0.4, 0.5) is 0 Å². The summed E-state index contributed by atoms with van der Waals surface area (Å²) in [6.45, 7) is 4.38. The van der Waals surface area contributed by atoms with E-state index >= 15 is 0 Å². The Morgan fingerprint density at radius 2 is 2.12 bits per heavy atom. The van der Waals surface area contributed by atoms with Gasteiger partial charge in [0.2, 0.25) is 0 Å². The largest absolute Gasteiger partial charge is 0.329 e. The minimum atomic E-state index is 0.0532. The lowest BCUT2D eigenvalue weighted by Crippen LogP contribution is -2.40. The fourth-order valence-corrected chi connectivity index (χ4v) is 2.05. The third-order valence-corrected chi connectivity index (χ3v) is 3.09. The Balaban J connectivity index is 2.61. The van der Waals surface area contributed by atoms with Gasteiger partial charge in [-0.15, -0.1) is 0 Å². The summed E-state index contributed by atoms with van der Waals surface area (Å²) in [5, 5.41) is 0. The number of hydrogen-bond donors (Lipinski definition) is 2. The van der Waals surface area contributed by atoms with Crippen LogP contribution in [0.3, 0.4) is 0 Å². The van der Waals surface area contributed by atoms with Crippen molar-refractivity contribution in [3.8, 4) is 0 Å². The van der Waals surface area contributed by atoms with Crippen molar-refractivity contribution in [2.75, 3.05) is 20.1 Å². The number of hydrogen-bond acceptors (Lipinski definition) is 3. The molecule has 1 rings (SSSR count). The van der Waals surface area contributed by atoms with Crippen LogP contribution in [0.1, 0.15) is 11.1 Å². The van der Waals surface area contributed by atoms with Gasteiger partial charge >= 0.3 is 0 Å². The first-order valence-corrected chi connectivity index (χ1v) is 6.21. The van der Waals surface area contributed by atoms with Gasteiger partial charge in [0, 0.05) is 30.1 Å². The summed E-state index contributed by atoms with van der Waals surface area (Å²) >= 11 is 3.49. The monoisotopic (exact) mass is 285 g/mol. The Morgan fingerprint density at radius 1 is 1.44 bits per heavy atom. The number of likely N-dealkylation sites (N-methyl/N-ethyl adjacent to an activating group) is 1. The number of nitrogens with zero attached hydrogens (tertiary/aromatic N) is 1. The Hall–Kier alpha value is -0.420. The smallest absolute Gasteiger partial charge is 0.0292 e. The molecule has 1 atom stereocenters. The molecule has 0 spiro atoms. The summed E-state index contributed by atoms with van der Waals surface area (Å²) in [4.78, 5) is 2.20. The second-order valence-electron chi connectivity index (χ2n) is 4.26. The van der Waals surface area contributed by atoms with E-state index in [9.17, 15) is 0 Å². The highest BCUT2D eigenvalue weighted by Gasteiger charge is 2.07. The summed E-state index contributed by atoms with van der Waals surface area (Å²) in [7, 11) is 2.07. The molecule has 3 nitrogen and oxygen atoms in total. The molecule has 4 N–H and O–H groups in total. The van der Waals surface area contributed by atoms with Crippen molar-refractivity contribution in [2.24, 2.45) is 11.5 Å². The molecular weight excluding hydrogens is 266 g/mol. The van der Waals surface area contributed by atoms with Gasteiger partial charge < -0.3 is 16.4 Å². The lowest BCUT2D eigenvalue weighted by atomic mass is 10.1. The zero-order valence-electron chi connectivity index (χ0n) is 9.91. The quantitative estimate of drug-likeness (QED) is 0.862. The molecule has 1 aromatic carbocycles. The highest BCUT2D eigenvalue weighted by atomic mass is 79.9. The Bertz CT molecular complexity index is 341. The van der Waals surface area contributed by atoms with Crippen LogP contribution in [0.5, 0.6) is 0 Å². The molecule has 1 aromatic rings. The number of nitrogens with two attached hydrogens (primary N) is 2. The van der Waals surface area contributed by atoms with E-state index in [1.807, 2.05) is 0 Å². The van der Waals surface area contributed by atoms with Crippen molar-refractivity contribution >= 4 is 15.9 Å². The van der Waals surface area contributed by atoms with E-state index in [1.54, 1.807) is 0 Å². The zero-order valence-corrected chi connectivity index (χ0v) is 11.5. The summed E-state index contributed by atoms with van der Waals surface area (Å²) in [6.07, 6.45) is 0. The molecule has 1 unspecified atom stereocenters. The number of aryl methyl sites for hydroxylation is 1. The number of rotatable bonds is 5. The van der Waals surface area contributed by atoms with E-state index < -0.39 is 0 Å². The summed E-state index contributed by atoms with van der Waals surface area (Å²) < 4.78 is 1.12. The number of benzene rings is 1. The molecule has 0 aliphatic heterocycles. The van der Waals surface area contributed by atoms with Crippen LogP contribution in [-0.2, 0) is 6.54 Å². The molecule has 0 aliphatic rings. The predicted molar refractivity (Wildman–Crippen MR) is 72.2 cm³/mol. The van der Waals surface area contributed by atoms with E-state index in [1.165, 1.54) is 11.1 Å². The summed E-state index contributed by atoms with van der Waals surface area (Å²) in [5.41, 5.74) is 14.0. The van der Waals surface area contributed by atoms with Crippen LogP contribution in [0, 0.1) is 6.92 Å². The molecule has 0 aromatic heterocycles. The molecule has 0 radical (unpaired) electrons. The topological polar surface area (TPSA) is 55.3 Å². The van der Waals surface area contributed by atoms with Gasteiger partial charge in [-0.05, 0) is 37.2 Å². The lowest BCUT2D eigenvalue weighted by molar-refractivity contribution is 0.304. The third-order valence-electron chi connectivity index (χ3n) is 2.60. The normalized spacial score (nSPS) is 13.1. The Labute approximate surface area is 106 Å². The summed E-state index contributed by atoms with van der Waals surface area (Å²) in [5.74, 6) is 0. The lowest BCUT2D eigenvalue weighted by Gasteiger charge is -2.21. The molecule has 0 saturated carbocycles. The molecule has 16 heavy (non-hydrogen) atoms. The summed E-state index contributed by atoms with van der Waals surface area (Å²) in [6, 6.07) is 6.39. The minimum absolute atomic E-state index is 0.0532. The van der Waals surface area contributed by atoms with Gasteiger partial charge in [-0.25, -0.2) is 0 Å². The maximum Gasteiger partial charge on any atom is 0.0292 e. The van der Waals surface area contributed by atoms with Crippen LogP contribution in [0.25, 0.3) is 0 Å². The van der Waals surface area contributed by atoms with E-state index in [4.69, 9.17) is 11.5 Å². The maximum absolute atomic E-state index is 5.82. The van der Waals surface area contributed by atoms with Gasteiger partial charge in [0.15, 0.2) is 0 Å². The molecule has 0 heterocycles. The highest BCUT2D eigenvalue weighted by Crippen LogP contribution is 2.17. The van der Waals surface area contributed by atoms with Crippen molar-refractivity contribution in [1.29, 1.82) is 0 Å². The fraction of sp³-hybridized carbons (Fsp3) is 0.500. The molecule has 0 fully saturated rings.